The van der Waals surface area contributed by atoms with Gasteiger partial charge in [0.15, 0.2) is 0 Å². The lowest BCUT2D eigenvalue weighted by Gasteiger charge is -2.29. The van der Waals surface area contributed by atoms with Crippen molar-refractivity contribution in [3.05, 3.63) is 29.1 Å². The summed E-state index contributed by atoms with van der Waals surface area (Å²) in [7, 11) is 0. The first kappa shape index (κ1) is 17.9. The zero-order valence-corrected chi connectivity index (χ0v) is 13.7. The number of hydrogen-bond acceptors (Lipinski definition) is 3. The van der Waals surface area contributed by atoms with E-state index in [9.17, 15) is 9.50 Å². The molecule has 0 fully saturated rings. The highest BCUT2D eigenvalue weighted by molar-refractivity contribution is 5.57. The van der Waals surface area contributed by atoms with Gasteiger partial charge in [-0.05, 0) is 50.1 Å². The number of hydrogen-bond donors (Lipinski definition) is 2. The predicted molar refractivity (Wildman–Crippen MR) is 87.4 cm³/mol. The van der Waals surface area contributed by atoms with Gasteiger partial charge in [-0.2, -0.15) is 0 Å². The number of aliphatic hydroxyl groups is 1. The topological polar surface area (TPSA) is 35.5 Å². The maximum absolute atomic E-state index is 14.0. The number of anilines is 1. The average molecular weight is 296 g/mol. The van der Waals surface area contributed by atoms with Gasteiger partial charge in [-0.25, -0.2) is 4.39 Å². The second kappa shape index (κ2) is 9.00. The van der Waals surface area contributed by atoms with Crippen LogP contribution in [0.1, 0.15) is 50.8 Å². The molecular formula is C17H29FN2O. The minimum absolute atomic E-state index is 0.0860. The van der Waals surface area contributed by atoms with E-state index in [1.54, 1.807) is 13.0 Å². The van der Waals surface area contributed by atoms with Crippen LogP contribution in [0.3, 0.4) is 0 Å². The molecule has 0 bridgehead atoms. The van der Waals surface area contributed by atoms with Gasteiger partial charge >= 0.3 is 0 Å². The van der Waals surface area contributed by atoms with Crippen LogP contribution >= 0.6 is 0 Å². The van der Waals surface area contributed by atoms with Crippen molar-refractivity contribution in [3.8, 4) is 0 Å². The number of rotatable bonds is 9. The van der Waals surface area contributed by atoms with Gasteiger partial charge in [0.2, 0.25) is 0 Å². The summed E-state index contributed by atoms with van der Waals surface area (Å²) >= 11 is 0. The molecule has 0 aliphatic heterocycles. The fraction of sp³-hybridized carbons (Fsp3) is 0.647. The van der Waals surface area contributed by atoms with Crippen molar-refractivity contribution in [2.45, 2.75) is 46.6 Å². The van der Waals surface area contributed by atoms with E-state index in [1.165, 1.54) is 0 Å². The Bertz CT molecular complexity index is 437. The summed E-state index contributed by atoms with van der Waals surface area (Å²) in [5, 5.41) is 12.7. The molecule has 0 spiro atoms. The average Bonchev–Trinajstić information content (AvgIpc) is 2.46. The lowest BCUT2D eigenvalue weighted by molar-refractivity contribution is 0.301. The van der Waals surface area contributed by atoms with Crippen LogP contribution in [0.2, 0.25) is 0 Å². The third kappa shape index (κ3) is 4.97. The number of benzene rings is 1. The van der Waals surface area contributed by atoms with Crippen molar-refractivity contribution in [1.82, 2.24) is 5.32 Å². The molecule has 0 aliphatic rings. The van der Waals surface area contributed by atoms with Crippen molar-refractivity contribution in [2.24, 2.45) is 0 Å². The van der Waals surface area contributed by atoms with Crippen molar-refractivity contribution < 1.29 is 9.50 Å². The number of aliphatic hydroxyl groups excluding tert-OH is 1. The minimum atomic E-state index is -0.169. The van der Waals surface area contributed by atoms with Gasteiger partial charge in [-0.1, -0.05) is 20.3 Å². The van der Waals surface area contributed by atoms with Crippen LogP contribution < -0.4 is 10.2 Å². The number of nitrogens with one attached hydrogen (secondary N) is 1. The summed E-state index contributed by atoms with van der Waals surface area (Å²) in [6.45, 7) is 10.4. The highest BCUT2D eigenvalue weighted by atomic mass is 19.1. The highest BCUT2D eigenvalue weighted by Gasteiger charge is 2.17. The van der Waals surface area contributed by atoms with Crippen molar-refractivity contribution in [1.29, 1.82) is 0 Å². The van der Waals surface area contributed by atoms with Gasteiger partial charge in [0, 0.05) is 24.8 Å². The van der Waals surface area contributed by atoms with Crippen molar-refractivity contribution in [3.63, 3.8) is 0 Å². The van der Waals surface area contributed by atoms with Crippen LogP contribution in [-0.4, -0.2) is 31.3 Å². The molecule has 0 aromatic heterocycles. The summed E-state index contributed by atoms with van der Waals surface area (Å²) in [6, 6.07) is 3.63. The predicted octanol–water partition coefficient (Wildman–Crippen LogP) is 3.40. The molecule has 2 N–H and O–H groups in total. The quantitative estimate of drug-likeness (QED) is 0.733. The van der Waals surface area contributed by atoms with Crippen LogP contribution in [0.15, 0.2) is 12.1 Å². The molecule has 4 heteroatoms. The smallest absolute Gasteiger partial charge is 0.126 e. The van der Waals surface area contributed by atoms with E-state index in [1.807, 2.05) is 19.9 Å². The van der Waals surface area contributed by atoms with E-state index < -0.39 is 0 Å². The monoisotopic (exact) mass is 296 g/mol. The number of aryl methyl sites for hydroxylation is 1. The molecule has 0 amide bonds. The largest absolute Gasteiger partial charge is 0.395 e. The second-order valence-electron chi connectivity index (χ2n) is 5.50. The van der Waals surface area contributed by atoms with Gasteiger partial charge in [0.1, 0.15) is 5.82 Å². The zero-order chi connectivity index (χ0) is 15.8. The van der Waals surface area contributed by atoms with E-state index in [4.69, 9.17) is 0 Å². The molecule has 1 rings (SSSR count). The van der Waals surface area contributed by atoms with Gasteiger partial charge in [-0.3, -0.25) is 0 Å². The Hall–Kier alpha value is -1.13. The van der Waals surface area contributed by atoms with E-state index >= 15 is 0 Å². The summed E-state index contributed by atoms with van der Waals surface area (Å²) in [4.78, 5) is 2.17. The van der Waals surface area contributed by atoms with E-state index in [0.29, 0.717) is 12.1 Å². The van der Waals surface area contributed by atoms with E-state index in [-0.39, 0.29) is 18.5 Å². The number of nitrogens with zero attached hydrogens (tertiary/aromatic N) is 1. The Morgan fingerprint density at radius 2 is 2.00 bits per heavy atom. The Kier molecular flexibility index (Phi) is 7.68. The standard InChI is InChI=1S/C17H29FN2O/c1-5-7-8-20(9-10-21)17-11-13(3)16(18)12-15(17)14(4)19-6-2/h11-12,14,19,21H,5-10H2,1-4H3. The van der Waals surface area contributed by atoms with Crippen LogP contribution in [0.4, 0.5) is 10.1 Å². The zero-order valence-electron chi connectivity index (χ0n) is 13.7. The van der Waals surface area contributed by atoms with Gasteiger partial charge in [0.05, 0.1) is 6.61 Å². The summed E-state index contributed by atoms with van der Waals surface area (Å²) in [5.41, 5.74) is 2.64. The molecule has 0 radical (unpaired) electrons. The first-order valence-electron chi connectivity index (χ1n) is 7.94. The van der Waals surface area contributed by atoms with Crippen LogP contribution in [0, 0.1) is 12.7 Å². The molecular weight excluding hydrogens is 267 g/mol. The van der Waals surface area contributed by atoms with Crippen molar-refractivity contribution in [2.75, 3.05) is 31.1 Å². The normalized spacial score (nSPS) is 12.5. The first-order valence-corrected chi connectivity index (χ1v) is 7.94. The Labute approximate surface area is 128 Å². The maximum Gasteiger partial charge on any atom is 0.126 e. The molecule has 0 saturated heterocycles. The molecule has 1 unspecified atom stereocenters. The van der Waals surface area contributed by atoms with Crippen molar-refractivity contribution >= 4 is 5.69 Å². The van der Waals surface area contributed by atoms with E-state index in [2.05, 4.69) is 17.1 Å². The van der Waals surface area contributed by atoms with Crippen LogP contribution in [-0.2, 0) is 0 Å². The summed E-state index contributed by atoms with van der Waals surface area (Å²) < 4.78 is 14.0. The van der Waals surface area contributed by atoms with Gasteiger partial charge in [-0.15, -0.1) is 0 Å². The van der Waals surface area contributed by atoms with Gasteiger partial charge in [0.25, 0.3) is 0 Å². The SMILES string of the molecule is CCCCN(CCO)c1cc(C)c(F)cc1C(C)NCC. The lowest BCUT2D eigenvalue weighted by Crippen LogP contribution is -2.30. The fourth-order valence-electron chi connectivity index (χ4n) is 2.54. The first-order chi connectivity index (χ1) is 10.0. The molecule has 1 atom stereocenters. The Morgan fingerprint density at radius 1 is 1.29 bits per heavy atom. The fourth-order valence-corrected chi connectivity index (χ4v) is 2.54. The third-order valence-corrected chi connectivity index (χ3v) is 3.78. The maximum atomic E-state index is 14.0. The molecule has 21 heavy (non-hydrogen) atoms. The Morgan fingerprint density at radius 3 is 2.57 bits per heavy atom. The minimum Gasteiger partial charge on any atom is -0.395 e. The molecule has 120 valence electrons. The number of halogens is 1. The second-order valence-corrected chi connectivity index (χ2v) is 5.50. The molecule has 3 nitrogen and oxygen atoms in total. The lowest BCUT2D eigenvalue weighted by atomic mass is 10.0. The highest BCUT2D eigenvalue weighted by Crippen LogP contribution is 2.29. The molecule has 0 heterocycles. The molecule has 1 aromatic carbocycles. The van der Waals surface area contributed by atoms with E-state index in [0.717, 1.165) is 37.2 Å². The molecule has 0 aliphatic carbocycles. The number of unbranched alkanes of at least 4 members (excludes halogenated alkanes) is 1. The Balaban J connectivity index is 3.18. The van der Waals surface area contributed by atoms with Crippen LogP contribution in [0.5, 0.6) is 0 Å². The van der Waals surface area contributed by atoms with Crippen LogP contribution in [0.25, 0.3) is 0 Å². The molecule has 1 aromatic rings. The molecule has 0 saturated carbocycles. The van der Waals surface area contributed by atoms with Gasteiger partial charge < -0.3 is 15.3 Å². The summed E-state index contributed by atoms with van der Waals surface area (Å²) in [5.74, 6) is -0.169. The summed E-state index contributed by atoms with van der Waals surface area (Å²) in [6.07, 6.45) is 2.16. The third-order valence-electron chi connectivity index (χ3n) is 3.78.